The molecule has 0 radical (unpaired) electrons. The first-order chi connectivity index (χ1) is 12.7. The van der Waals surface area contributed by atoms with E-state index < -0.39 is 16.9 Å². The Labute approximate surface area is 166 Å². The molecule has 3 heterocycles. The Bertz CT molecular complexity index is 833. The van der Waals surface area contributed by atoms with Gasteiger partial charge < -0.3 is 9.80 Å². The molecule has 1 aliphatic heterocycles. The van der Waals surface area contributed by atoms with Crippen molar-refractivity contribution in [3.05, 3.63) is 33.3 Å². The number of amides is 1. The van der Waals surface area contributed by atoms with Crippen LogP contribution in [-0.2, 0) is 17.5 Å². The Balaban J connectivity index is 1.63. The van der Waals surface area contributed by atoms with Crippen LogP contribution in [0.4, 0.5) is 19.1 Å². The molecule has 27 heavy (non-hydrogen) atoms. The molecule has 0 aliphatic carbocycles. The monoisotopic (exact) mass is 466 g/mol. The second-order valence-electron chi connectivity index (χ2n) is 5.97. The number of piperazine rings is 1. The first-order valence-corrected chi connectivity index (χ1v) is 9.14. The highest BCUT2D eigenvalue weighted by molar-refractivity contribution is 9.10. The summed E-state index contributed by atoms with van der Waals surface area (Å²) >= 11 is 8.98. The number of alkyl halides is 3. The molecule has 1 amide bonds. The molecule has 12 heteroatoms. The summed E-state index contributed by atoms with van der Waals surface area (Å²) < 4.78 is 40.4. The summed E-state index contributed by atoms with van der Waals surface area (Å²) in [6.45, 7) is 2.99. The normalized spacial score (nSPS) is 15.3. The average molecular weight is 468 g/mol. The van der Waals surface area contributed by atoms with Gasteiger partial charge in [0.25, 0.3) is 0 Å². The molecule has 3 rings (SSSR count). The van der Waals surface area contributed by atoms with Gasteiger partial charge in [0.1, 0.15) is 6.54 Å². The lowest BCUT2D eigenvalue weighted by Gasteiger charge is -2.34. The molecule has 2 aromatic heterocycles. The van der Waals surface area contributed by atoms with E-state index in [4.69, 9.17) is 11.6 Å². The second kappa shape index (κ2) is 7.63. The first-order valence-electron chi connectivity index (χ1n) is 7.97. The van der Waals surface area contributed by atoms with Crippen LogP contribution in [0.1, 0.15) is 11.4 Å². The fraction of sp³-hybridized carbons (Fsp3) is 0.467. The molecule has 0 N–H and O–H groups in total. The van der Waals surface area contributed by atoms with Crippen LogP contribution in [0.15, 0.2) is 16.9 Å². The first kappa shape index (κ1) is 19.9. The summed E-state index contributed by atoms with van der Waals surface area (Å²) in [6, 6.07) is 0. The maximum Gasteiger partial charge on any atom is 0.436 e. The topological polar surface area (TPSA) is 67.2 Å². The maximum atomic E-state index is 12.9. The van der Waals surface area contributed by atoms with Crippen molar-refractivity contribution < 1.29 is 18.0 Å². The minimum absolute atomic E-state index is 0.110. The van der Waals surface area contributed by atoms with Crippen molar-refractivity contribution in [2.45, 2.75) is 19.6 Å². The number of anilines is 1. The van der Waals surface area contributed by atoms with E-state index in [-0.39, 0.29) is 18.1 Å². The number of hydrogen-bond acceptors (Lipinski definition) is 5. The fourth-order valence-electron chi connectivity index (χ4n) is 2.71. The predicted molar refractivity (Wildman–Crippen MR) is 95.5 cm³/mol. The Kier molecular flexibility index (Phi) is 5.61. The minimum atomic E-state index is -4.66. The lowest BCUT2D eigenvalue weighted by Crippen LogP contribution is -2.50. The quantitative estimate of drug-likeness (QED) is 0.694. The van der Waals surface area contributed by atoms with Crippen LogP contribution in [-0.4, -0.2) is 56.7 Å². The molecule has 1 aliphatic rings. The SMILES string of the molecule is Cc1c(Cl)c(C(F)(F)F)nn1CC(=O)N1CCN(c2ncc(Br)cn2)CC1. The van der Waals surface area contributed by atoms with Gasteiger partial charge in [0.2, 0.25) is 11.9 Å². The van der Waals surface area contributed by atoms with E-state index in [1.807, 2.05) is 4.90 Å². The summed E-state index contributed by atoms with van der Waals surface area (Å²) in [4.78, 5) is 24.4. The zero-order valence-electron chi connectivity index (χ0n) is 14.2. The van der Waals surface area contributed by atoms with Crippen molar-refractivity contribution in [2.24, 2.45) is 0 Å². The summed E-state index contributed by atoms with van der Waals surface area (Å²) in [7, 11) is 0. The van der Waals surface area contributed by atoms with Crippen molar-refractivity contribution >= 4 is 39.4 Å². The van der Waals surface area contributed by atoms with E-state index >= 15 is 0 Å². The molecule has 0 unspecified atom stereocenters. The van der Waals surface area contributed by atoms with Gasteiger partial charge in [-0.15, -0.1) is 0 Å². The van der Waals surface area contributed by atoms with Gasteiger partial charge in [0.15, 0.2) is 5.69 Å². The van der Waals surface area contributed by atoms with Crippen LogP contribution >= 0.6 is 27.5 Å². The molecule has 0 aromatic carbocycles. The lowest BCUT2D eigenvalue weighted by molar-refractivity contribution is -0.142. The van der Waals surface area contributed by atoms with Gasteiger partial charge in [0, 0.05) is 38.6 Å². The van der Waals surface area contributed by atoms with Gasteiger partial charge in [-0.1, -0.05) is 11.6 Å². The van der Waals surface area contributed by atoms with Gasteiger partial charge in [0.05, 0.1) is 15.2 Å². The van der Waals surface area contributed by atoms with E-state index in [1.54, 1.807) is 17.3 Å². The van der Waals surface area contributed by atoms with Gasteiger partial charge in [-0.2, -0.15) is 18.3 Å². The zero-order chi connectivity index (χ0) is 19.8. The molecule has 1 saturated heterocycles. The molecule has 146 valence electrons. The maximum absolute atomic E-state index is 12.9. The molecular weight excluding hydrogens is 453 g/mol. The third-order valence-electron chi connectivity index (χ3n) is 4.21. The highest BCUT2D eigenvalue weighted by Gasteiger charge is 2.38. The third kappa shape index (κ3) is 4.34. The van der Waals surface area contributed by atoms with Gasteiger partial charge in [-0.25, -0.2) is 9.97 Å². The molecule has 2 aromatic rings. The van der Waals surface area contributed by atoms with Crippen molar-refractivity contribution in [3.8, 4) is 0 Å². The molecule has 0 saturated carbocycles. The number of carbonyl (C=O) groups excluding carboxylic acids is 1. The van der Waals surface area contributed by atoms with Crippen LogP contribution in [0.5, 0.6) is 0 Å². The van der Waals surface area contributed by atoms with Gasteiger partial charge >= 0.3 is 6.18 Å². The number of aromatic nitrogens is 4. The van der Waals surface area contributed by atoms with Crippen molar-refractivity contribution in [3.63, 3.8) is 0 Å². The molecule has 7 nitrogen and oxygen atoms in total. The number of carbonyl (C=O) groups is 1. The standard InChI is InChI=1S/C15H15BrClF3N6O/c1-9-12(17)13(15(18,19)20)23-26(9)8-11(27)24-2-4-25(5-3-24)14-21-6-10(16)7-22-14/h6-7H,2-5,8H2,1H3. The number of rotatable bonds is 3. The van der Waals surface area contributed by atoms with Crippen LogP contribution in [0.3, 0.4) is 0 Å². The van der Waals surface area contributed by atoms with E-state index in [1.165, 1.54) is 6.92 Å². The highest BCUT2D eigenvalue weighted by Crippen LogP contribution is 2.35. The summed E-state index contributed by atoms with van der Waals surface area (Å²) in [5.41, 5.74) is -1.06. The lowest BCUT2D eigenvalue weighted by atomic mass is 10.3. The van der Waals surface area contributed by atoms with Crippen LogP contribution in [0, 0.1) is 6.92 Å². The summed E-state index contributed by atoms with van der Waals surface area (Å²) in [6.07, 6.45) is -1.38. The van der Waals surface area contributed by atoms with Crippen molar-refractivity contribution in [1.82, 2.24) is 24.6 Å². The Hall–Kier alpha value is -1.88. The summed E-state index contributed by atoms with van der Waals surface area (Å²) in [5, 5.41) is 2.98. The second-order valence-corrected chi connectivity index (χ2v) is 7.27. The zero-order valence-corrected chi connectivity index (χ0v) is 16.5. The van der Waals surface area contributed by atoms with Crippen LogP contribution in [0.25, 0.3) is 0 Å². The van der Waals surface area contributed by atoms with E-state index in [0.717, 1.165) is 9.15 Å². The smallest absolute Gasteiger partial charge is 0.338 e. The summed E-state index contributed by atoms with van der Waals surface area (Å²) in [5.74, 6) is 0.247. The Morgan fingerprint density at radius 3 is 2.33 bits per heavy atom. The molecule has 0 spiro atoms. The third-order valence-corrected chi connectivity index (χ3v) is 5.07. The minimum Gasteiger partial charge on any atom is -0.338 e. The molecule has 0 bridgehead atoms. The van der Waals surface area contributed by atoms with Gasteiger partial charge in [-0.05, 0) is 22.9 Å². The number of nitrogens with zero attached hydrogens (tertiary/aromatic N) is 6. The van der Waals surface area contributed by atoms with Crippen molar-refractivity contribution in [1.29, 1.82) is 0 Å². The largest absolute Gasteiger partial charge is 0.436 e. The highest BCUT2D eigenvalue weighted by atomic mass is 79.9. The fourth-order valence-corrected chi connectivity index (χ4v) is 3.16. The molecule has 0 atom stereocenters. The van der Waals surface area contributed by atoms with Crippen molar-refractivity contribution in [2.75, 3.05) is 31.1 Å². The predicted octanol–water partition coefficient (Wildman–Crippen LogP) is 2.77. The van der Waals surface area contributed by atoms with Crippen LogP contribution in [0.2, 0.25) is 5.02 Å². The van der Waals surface area contributed by atoms with Crippen LogP contribution < -0.4 is 4.90 Å². The average Bonchev–Trinajstić information content (AvgIpc) is 2.91. The van der Waals surface area contributed by atoms with Gasteiger partial charge in [-0.3, -0.25) is 9.48 Å². The Morgan fingerprint density at radius 2 is 1.81 bits per heavy atom. The molecular formula is C15H15BrClF3N6O. The Morgan fingerprint density at radius 1 is 1.22 bits per heavy atom. The number of halogens is 5. The van der Waals surface area contributed by atoms with E-state index in [9.17, 15) is 18.0 Å². The molecule has 1 fully saturated rings. The van der Waals surface area contributed by atoms with E-state index in [2.05, 4.69) is 31.0 Å². The van der Waals surface area contributed by atoms with E-state index in [0.29, 0.717) is 32.1 Å². The number of hydrogen-bond donors (Lipinski definition) is 0.